The van der Waals surface area contributed by atoms with Gasteiger partial charge in [0.25, 0.3) is 0 Å². The summed E-state index contributed by atoms with van der Waals surface area (Å²) in [6, 6.07) is 3.59. The second kappa shape index (κ2) is 5.91. The molecule has 1 saturated heterocycles. The molecule has 0 spiro atoms. The molecule has 0 unspecified atom stereocenters. The van der Waals surface area contributed by atoms with Crippen LogP contribution in [0.4, 0.5) is 18.9 Å². The van der Waals surface area contributed by atoms with E-state index in [4.69, 9.17) is 10.5 Å². The van der Waals surface area contributed by atoms with E-state index in [0.29, 0.717) is 6.61 Å². The van der Waals surface area contributed by atoms with Crippen LogP contribution in [0.1, 0.15) is 24.8 Å². The predicted molar refractivity (Wildman–Crippen MR) is 71.6 cm³/mol. The second-order valence-electron chi connectivity index (χ2n) is 5.23. The van der Waals surface area contributed by atoms with Crippen molar-refractivity contribution in [3.05, 3.63) is 23.8 Å². The number of halogens is 3. The molecule has 1 aromatic rings. The summed E-state index contributed by atoms with van der Waals surface area (Å²) in [6.07, 6.45) is -1.12. The van der Waals surface area contributed by atoms with Crippen molar-refractivity contribution in [2.24, 2.45) is 0 Å². The van der Waals surface area contributed by atoms with Crippen molar-refractivity contribution < 1.29 is 17.9 Å². The molecule has 2 N–H and O–H groups in total. The highest BCUT2D eigenvalue weighted by Gasteiger charge is 2.31. The summed E-state index contributed by atoms with van der Waals surface area (Å²) in [6.45, 7) is 1.38. The van der Waals surface area contributed by atoms with Crippen LogP contribution in [0.2, 0.25) is 0 Å². The Morgan fingerprint density at radius 1 is 1.30 bits per heavy atom. The van der Waals surface area contributed by atoms with Crippen LogP contribution in [0.3, 0.4) is 0 Å². The standard InChI is InChI=1S/C14H19F3N2O/c1-19-5-3-2-4-12(19)9-20-13-7-10(14(15,16)17)6-11(18)8-13/h6-8,12H,2-5,9,18H2,1H3/t12-/m1/s1. The molecule has 112 valence electrons. The molecule has 1 aromatic carbocycles. The van der Waals surface area contributed by atoms with Gasteiger partial charge in [0, 0.05) is 17.8 Å². The van der Waals surface area contributed by atoms with Gasteiger partial charge < -0.3 is 15.4 Å². The van der Waals surface area contributed by atoms with E-state index in [0.717, 1.165) is 37.9 Å². The topological polar surface area (TPSA) is 38.5 Å². The maximum Gasteiger partial charge on any atom is 0.416 e. The Morgan fingerprint density at radius 3 is 2.70 bits per heavy atom. The Bertz CT molecular complexity index is 462. The number of piperidine rings is 1. The van der Waals surface area contributed by atoms with E-state index in [1.807, 2.05) is 7.05 Å². The average Bonchev–Trinajstić information content (AvgIpc) is 2.36. The minimum Gasteiger partial charge on any atom is -0.492 e. The van der Waals surface area contributed by atoms with Gasteiger partial charge in [-0.25, -0.2) is 0 Å². The minimum absolute atomic E-state index is 0.0619. The lowest BCUT2D eigenvalue weighted by Gasteiger charge is -2.32. The smallest absolute Gasteiger partial charge is 0.416 e. The molecule has 2 rings (SSSR count). The number of likely N-dealkylation sites (N-methyl/N-ethyl adjacent to an activating group) is 1. The van der Waals surface area contributed by atoms with Crippen LogP contribution in [0, 0.1) is 0 Å². The van der Waals surface area contributed by atoms with Crippen LogP contribution < -0.4 is 10.5 Å². The molecule has 3 nitrogen and oxygen atoms in total. The van der Waals surface area contributed by atoms with Crippen molar-refractivity contribution in [1.82, 2.24) is 4.90 Å². The molecule has 0 radical (unpaired) electrons. The Balaban J connectivity index is 2.04. The molecule has 20 heavy (non-hydrogen) atoms. The molecule has 0 aliphatic carbocycles. The number of nitrogens with zero attached hydrogens (tertiary/aromatic N) is 1. The van der Waals surface area contributed by atoms with Gasteiger partial charge >= 0.3 is 6.18 Å². The molecule has 1 heterocycles. The number of hydrogen-bond donors (Lipinski definition) is 1. The lowest BCUT2D eigenvalue weighted by atomic mass is 10.0. The zero-order chi connectivity index (χ0) is 14.8. The van der Waals surface area contributed by atoms with Crippen LogP contribution in [0.5, 0.6) is 5.75 Å². The Morgan fingerprint density at radius 2 is 2.05 bits per heavy atom. The number of benzene rings is 1. The lowest BCUT2D eigenvalue weighted by Crippen LogP contribution is -2.40. The highest BCUT2D eigenvalue weighted by molar-refractivity contribution is 5.48. The third-order valence-corrected chi connectivity index (χ3v) is 3.62. The van der Waals surface area contributed by atoms with Crippen molar-refractivity contribution in [1.29, 1.82) is 0 Å². The SMILES string of the molecule is CN1CCCC[C@@H]1COc1cc(N)cc(C(F)(F)F)c1. The first-order chi connectivity index (χ1) is 9.36. The van der Waals surface area contributed by atoms with Crippen LogP contribution >= 0.6 is 0 Å². The maximum atomic E-state index is 12.7. The molecule has 6 heteroatoms. The van der Waals surface area contributed by atoms with Gasteiger partial charge in [0.1, 0.15) is 12.4 Å². The first-order valence-corrected chi connectivity index (χ1v) is 6.67. The van der Waals surface area contributed by atoms with Gasteiger partial charge in [0.2, 0.25) is 0 Å². The summed E-state index contributed by atoms with van der Waals surface area (Å²) in [4.78, 5) is 2.18. The molecule has 1 aliphatic rings. The molecule has 0 amide bonds. The molecule has 1 atom stereocenters. The molecule has 1 aliphatic heterocycles. The summed E-state index contributed by atoms with van der Waals surface area (Å²) in [5.41, 5.74) is 4.79. The molecular formula is C14H19F3N2O. The quantitative estimate of drug-likeness (QED) is 0.868. The number of nitrogen functional groups attached to an aromatic ring is 1. The summed E-state index contributed by atoms with van der Waals surface area (Å²) in [5.74, 6) is 0.177. The summed E-state index contributed by atoms with van der Waals surface area (Å²) in [5, 5.41) is 0. The van der Waals surface area contributed by atoms with E-state index < -0.39 is 11.7 Å². The molecule has 0 saturated carbocycles. The first-order valence-electron chi connectivity index (χ1n) is 6.67. The molecule has 0 bridgehead atoms. The van der Waals surface area contributed by atoms with E-state index in [1.54, 1.807) is 0 Å². The van der Waals surface area contributed by atoms with Gasteiger partial charge in [0.05, 0.1) is 5.56 Å². The van der Waals surface area contributed by atoms with Gasteiger partial charge in [-0.3, -0.25) is 0 Å². The minimum atomic E-state index is -4.41. The van der Waals surface area contributed by atoms with E-state index in [1.165, 1.54) is 6.07 Å². The molecule has 0 aromatic heterocycles. The number of likely N-dealkylation sites (tertiary alicyclic amines) is 1. The van der Waals surface area contributed by atoms with E-state index in [-0.39, 0.29) is 17.5 Å². The van der Waals surface area contributed by atoms with Crippen LogP contribution in [0.15, 0.2) is 18.2 Å². The van der Waals surface area contributed by atoms with Gasteiger partial charge in [0.15, 0.2) is 0 Å². The van der Waals surface area contributed by atoms with Crippen LogP contribution in [-0.4, -0.2) is 31.1 Å². The van der Waals surface area contributed by atoms with Gasteiger partial charge in [-0.15, -0.1) is 0 Å². The maximum absolute atomic E-state index is 12.7. The van der Waals surface area contributed by atoms with E-state index >= 15 is 0 Å². The number of ether oxygens (including phenoxy) is 1. The van der Waals surface area contributed by atoms with Crippen molar-refractivity contribution in [2.45, 2.75) is 31.5 Å². The Kier molecular flexibility index (Phi) is 4.42. The van der Waals surface area contributed by atoms with E-state index in [9.17, 15) is 13.2 Å². The van der Waals surface area contributed by atoms with E-state index in [2.05, 4.69) is 4.90 Å². The summed E-state index contributed by atoms with van der Waals surface area (Å²) in [7, 11) is 2.01. The number of rotatable bonds is 3. The average molecular weight is 288 g/mol. The number of anilines is 1. The van der Waals surface area contributed by atoms with Gasteiger partial charge in [-0.05, 0) is 38.6 Å². The fraction of sp³-hybridized carbons (Fsp3) is 0.571. The Labute approximate surface area is 116 Å². The number of hydrogen-bond acceptors (Lipinski definition) is 3. The van der Waals surface area contributed by atoms with Crippen molar-refractivity contribution >= 4 is 5.69 Å². The number of alkyl halides is 3. The van der Waals surface area contributed by atoms with Crippen LogP contribution in [-0.2, 0) is 6.18 Å². The first kappa shape index (κ1) is 15.0. The third kappa shape index (κ3) is 3.79. The zero-order valence-corrected chi connectivity index (χ0v) is 11.4. The summed E-state index contributed by atoms with van der Waals surface area (Å²) >= 11 is 0. The van der Waals surface area contributed by atoms with Crippen LogP contribution in [0.25, 0.3) is 0 Å². The molecule has 1 fully saturated rings. The van der Waals surface area contributed by atoms with Gasteiger partial charge in [-0.2, -0.15) is 13.2 Å². The lowest BCUT2D eigenvalue weighted by molar-refractivity contribution is -0.137. The highest BCUT2D eigenvalue weighted by Crippen LogP contribution is 2.33. The highest BCUT2D eigenvalue weighted by atomic mass is 19.4. The normalized spacial score (nSPS) is 20.9. The fourth-order valence-corrected chi connectivity index (χ4v) is 2.42. The summed E-state index contributed by atoms with van der Waals surface area (Å²) < 4.78 is 43.6. The monoisotopic (exact) mass is 288 g/mol. The fourth-order valence-electron chi connectivity index (χ4n) is 2.42. The van der Waals surface area contributed by atoms with Crippen molar-refractivity contribution in [3.8, 4) is 5.75 Å². The van der Waals surface area contributed by atoms with Gasteiger partial charge in [-0.1, -0.05) is 6.42 Å². The Hall–Kier alpha value is -1.43. The number of nitrogens with two attached hydrogens (primary N) is 1. The predicted octanol–water partition coefficient (Wildman–Crippen LogP) is 3.15. The second-order valence-corrected chi connectivity index (χ2v) is 5.23. The largest absolute Gasteiger partial charge is 0.492 e. The zero-order valence-electron chi connectivity index (χ0n) is 11.4. The molecular weight excluding hydrogens is 269 g/mol. The van der Waals surface area contributed by atoms with Crippen molar-refractivity contribution in [2.75, 3.05) is 25.9 Å². The van der Waals surface area contributed by atoms with Crippen molar-refractivity contribution in [3.63, 3.8) is 0 Å². The third-order valence-electron chi connectivity index (χ3n) is 3.62.